The van der Waals surface area contributed by atoms with Gasteiger partial charge in [0, 0.05) is 39.3 Å². The molecular weight excluding hydrogens is 391 g/mol. The van der Waals surface area contributed by atoms with E-state index in [0.717, 1.165) is 28.9 Å². The Kier molecular flexibility index (Phi) is 4.76. The fourth-order valence-corrected chi connectivity index (χ4v) is 4.42. The highest BCUT2D eigenvalue weighted by Crippen LogP contribution is 2.47. The second kappa shape index (κ2) is 6.98. The molecule has 144 valence electrons. The summed E-state index contributed by atoms with van der Waals surface area (Å²) in [4.78, 5) is 15.2. The van der Waals surface area contributed by atoms with Crippen LogP contribution in [0, 0.1) is 5.41 Å². The van der Waals surface area contributed by atoms with Gasteiger partial charge in [0.25, 0.3) is 0 Å². The van der Waals surface area contributed by atoms with Crippen LogP contribution in [0.15, 0.2) is 71.7 Å². The predicted molar refractivity (Wildman–Crippen MR) is 115 cm³/mol. The molecule has 28 heavy (non-hydrogen) atoms. The van der Waals surface area contributed by atoms with Gasteiger partial charge in [0.05, 0.1) is 0 Å². The Labute approximate surface area is 175 Å². The summed E-state index contributed by atoms with van der Waals surface area (Å²) in [5.41, 5.74) is 10.1. The molecule has 2 aromatic carbocycles. The number of nitrogens with two attached hydrogens (primary N) is 1. The molecule has 0 aromatic heterocycles. The molecule has 1 atom stereocenters. The fraction of sp³-hybridized carbons (Fsp3) is 0.261. The number of benzene rings is 2. The van der Waals surface area contributed by atoms with E-state index in [0.29, 0.717) is 22.3 Å². The SMILES string of the molecule is CC1(C)CC(=O)C2=C(C1)N(c1ccc(Cl)cc1)C(N)=CC2c1ccc(Cl)cc1. The highest BCUT2D eigenvalue weighted by Gasteiger charge is 2.41. The van der Waals surface area contributed by atoms with Crippen LogP contribution >= 0.6 is 23.2 Å². The number of hydrogen-bond acceptors (Lipinski definition) is 3. The summed E-state index contributed by atoms with van der Waals surface area (Å²) >= 11 is 12.1. The van der Waals surface area contributed by atoms with Crippen LogP contribution in [-0.4, -0.2) is 5.78 Å². The van der Waals surface area contributed by atoms with Gasteiger partial charge in [-0.25, -0.2) is 0 Å². The molecular formula is C23H22Cl2N2O. The van der Waals surface area contributed by atoms with Crippen LogP contribution in [-0.2, 0) is 4.79 Å². The van der Waals surface area contributed by atoms with Crippen molar-refractivity contribution < 1.29 is 4.79 Å². The van der Waals surface area contributed by atoms with Crippen molar-refractivity contribution in [1.29, 1.82) is 0 Å². The molecule has 2 aliphatic rings. The summed E-state index contributed by atoms with van der Waals surface area (Å²) in [6, 6.07) is 15.2. The Bertz CT molecular complexity index is 988. The first-order valence-electron chi connectivity index (χ1n) is 9.30. The number of allylic oxidation sites excluding steroid dienone is 3. The average Bonchev–Trinajstić information content (AvgIpc) is 2.62. The third-order valence-electron chi connectivity index (χ3n) is 5.39. The molecule has 0 saturated carbocycles. The maximum absolute atomic E-state index is 13.2. The molecule has 5 heteroatoms. The van der Waals surface area contributed by atoms with Gasteiger partial charge in [-0.15, -0.1) is 0 Å². The summed E-state index contributed by atoms with van der Waals surface area (Å²) < 4.78 is 0. The summed E-state index contributed by atoms with van der Waals surface area (Å²) in [5, 5.41) is 1.33. The smallest absolute Gasteiger partial charge is 0.162 e. The first-order valence-corrected chi connectivity index (χ1v) is 10.1. The van der Waals surface area contributed by atoms with Gasteiger partial charge < -0.3 is 10.6 Å². The van der Waals surface area contributed by atoms with Gasteiger partial charge in [0.1, 0.15) is 5.82 Å². The maximum atomic E-state index is 13.2. The van der Waals surface area contributed by atoms with Crippen LogP contribution in [0.4, 0.5) is 5.69 Å². The average molecular weight is 413 g/mol. The second-order valence-corrected chi connectivity index (χ2v) is 9.11. The largest absolute Gasteiger partial charge is 0.385 e. The van der Waals surface area contributed by atoms with Crippen molar-refractivity contribution in [1.82, 2.24) is 0 Å². The molecule has 0 spiro atoms. The summed E-state index contributed by atoms with van der Waals surface area (Å²) in [7, 11) is 0. The van der Waals surface area contributed by atoms with Gasteiger partial charge in [-0.2, -0.15) is 0 Å². The minimum atomic E-state index is -0.167. The summed E-state index contributed by atoms with van der Waals surface area (Å²) in [6.07, 6.45) is 3.26. The number of ketones is 1. The van der Waals surface area contributed by atoms with Crippen molar-refractivity contribution in [2.45, 2.75) is 32.6 Å². The van der Waals surface area contributed by atoms with Crippen molar-refractivity contribution >= 4 is 34.7 Å². The van der Waals surface area contributed by atoms with E-state index in [1.54, 1.807) is 0 Å². The van der Waals surface area contributed by atoms with Gasteiger partial charge >= 0.3 is 0 Å². The number of hydrogen-bond donors (Lipinski definition) is 1. The van der Waals surface area contributed by atoms with Gasteiger partial charge in [-0.05, 0) is 59.9 Å². The molecule has 2 aromatic rings. The van der Waals surface area contributed by atoms with Gasteiger partial charge in [0.2, 0.25) is 0 Å². The third-order valence-corrected chi connectivity index (χ3v) is 5.89. The van der Waals surface area contributed by atoms with Gasteiger partial charge in [-0.3, -0.25) is 4.79 Å². The lowest BCUT2D eigenvalue weighted by Gasteiger charge is -2.42. The molecule has 0 amide bonds. The number of carbonyl (C=O) groups excluding carboxylic acids is 1. The van der Waals surface area contributed by atoms with E-state index in [4.69, 9.17) is 28.9 Å². The Morgan fingerprint density at radius 3 is 2.14 bits per heavy atom. The molecule has 1 aliphatic heterocycles. The molecule has 3 nitrogen and oxygen atoms in total. The maximum Gasteiger partial charge on any atom is 0.162 e. The first-order chi connectivity index (χ1) is 13.2. The lowest BCUT2D eigenvalue weighted by Crippen LogP contribution is -2.40. The first kappa shape index (κ1) is 19.1. The van der Waals surface area contributed by atoms with E-state index in [1.807, 2.05) is 59.5 Å². The molecule has 0 radical (unpaired) electrons. The molecule has 2 N–H and O–H groups in total. The molecule has 0 bridgehead atoms. The van der Waals surface area contributed by atoms with E-state index in [1.165, 1.54) is 0 Å². The summed E-state index contributed by atoms with van der Waals surface area (Å²) in [6.45, 7) is 4.25. The zero-order valence-electron chi connectivity index (χ0n) is 15.9. The van der Waals surface area contributed by atoms with Crippen LogP contribution < -0.4 is 10.6 Å². The topological polar surface area (TPSA) is 46.3 Å². The molecule has 0 saturated heterocycles. The lowest BCUT2D eigenvalue weighted by atomic mass is 9.70. The lowest BCUT2D eigenvalue weighted by molar-refractivity contribution is -0.118. The van der Waals surface area contributed by atoms with Crippen molar-refractivity contribution in [3.8, 4) is 0 Å². The van der Waals surface area contributed by atoms with Crippen LogP contribution in [0.5, 0.6) is 0 Å². The van der Waals surface area contributed by atoms with Crippen molar-refractivity contribution in [3.63, 3.8) is 0 Å². The standard InChI is InChI=1S/C23H22Cl2N2O/c1-23(2)12-19-22(20(28)13-23)18(14-3-5-15(24)6-4-14)11-21(26)27(19)17-9-7-16(25)8-10-17/h3-11,18H,12-13,26H2,1-2H3. The Morgan fingerprint density at radius 2 is 1.54 bits per heavy atom. The number of nitrogens with zero attached hydrogens (tertiary/aromatic N) is 1. The normalized spacial score (nSPS) is 21.4. The number of halogens is 2. The van der Waals surface area contributed by atoms with Crippen molar-refractivity contribution in [3.05, 3.63) is 87.3 Å². The quantitative estimate of drug-likeness (QED) is 0.653. The Balaban J connectivity index is 1.88. The van der Waals surface area contributed by atoms with E-state index in [2.05, 4.69) is 13.8 Å². The number of Topliss-reactive ketones (excluding diaryl/α,β-unsaturated/α-hetero) is 1. The minimum absolute atomic E-state index is 0.122. The molecule has 1 aliphatic carbocycles. The number of anilines is 1. The van der Waals surface area contributed by atoms with Crippen molar-refractivity contribution in [2.75, 3.05) is 4.90 Å². The number of rotatable bonds is 2. The minimum Gasteiger partial charge on any atom is -0.385 e. The fourth-order valence-electron chi connectivity index (χ4n) is 4.17. The number of carbonyl (C=O) groups is 1. The van der Waals surface area contributed by atoms with E-state index in [-0.39, 0.29) is 17.1 Å². The van der Waals surface area contributed by atoms with E-state index in [9.17, 15) is 4.79 Å². The van der Waals surface area contributed by atoms with Crippen LogP contribution in [0.1, 0.15) is 38.2 Å². The van der Waals surface area contributed by atoms with Gasteiger partial charge in [0.15, 0.2) is 5.78 Å². The molecule has 1 heterocycles. The molecule has 0 fully saturated rings. The highest BCUT2D eigenvalue weighted by molar-refractivity contribution is 6.30. The van der Waals surface area contributed by atoms with Crippen LogP contribution in [0.3, 0.4) is 0 Å². The van der Waals surface area contributed by atoms with Gasteiger partial charge in [-0.1, -0.05) is 49.2 Å². The van der Waals surface area contributed by atoms with E-state index < -0.39 is 0 Å². The van der Waals surface area contributed by atoms with Crippen LogP contribution in [0.2, 0.25) is 10.0 Å². The van der Waals surface area contributed by atoms with Crippen LogP contribution in [0.25, 0.3) is 0 Å². The van der Waals surface area contributed by atoms with Crippen molar-refractivity contribution in [2.24, 2.45) is 11.1 Å². The predicted octanol–water partition coefficient (Wildman–Crippen LogP) is 6.04. The Morgan fingerprint density at radius 1 is 0.964 bits per heavy atom. The highest BCUT2D eigenvalue weighted by atomic mass is 35.5. The van der Waals surface area contributed by atoms with E-state index >= 15 is 0 Å². The zero-order valence-corrected chi connectivity index (χ0v) is 17.4. The second-order valence-electron chi connectivity index (χ2n) is 8.23. The monoisotopic (exact) mass is 412 g/mol. The molecule has 1 unspecified atom stereocenters. The Hall–Kier alpha value is -2.23. The summed E-state index contributed by atoms with van der Waals surface area (Å²) in [5.74, 6) is 0.625. The molecule has 4 rings (SSSR count). The third kappa shape index (κ3) is 3.45. The zero-order chi connectivity index (χ0) is 20.1.